The van der Waals surface area contributed by atoms with Crippen LogP contribution < -0.4 is 4.72 Å². The summed E-state index contributed by atoms with van der Waals surface area (Å²) in [5, 5.41) is 0. The fourth-order valence-corrected chi connectivity index (χ4v) is 4.27. The molecule has 1 heterocycles. The van der Waals surface area contributed by atoms with E-state index in [9.17, 15) is 8.42 Å². The molecule has 2 aliphatic rings. The third-order valence-corrected chi connectivity index (χ3v) is 6.88. The summed E-state index contributed by atoms with van der Waals surface area (Å²) in [6.45, 7) is 10.00. The molecule has 7 heteroatoms. The summed E-state index contributed by atoms with van der Waals surface area (Å²) in [4.78, 5) is 0.283. The van der Waals surface area contributed by atoms with Crippen molar-refractivity contribution in [1.29, 1.82) is 0 Å². The van der Waals surface area contributed by atoms with E-state index < -0.39 is 10.0 Å². The van der Waals surface area contributed by atoms with Gasteiger partial charge in [0.2, 0.25) is 10.0 Å². The van der Waals surface area contributed by atoms with E-state index >= 15 is 0 Å². The Labute approximate surface area is 151 Å². The highest BCUT2D eigenvalue weighted by molar-refractivity contribution is 7.89. The molecule has 3 rings (SSSR count). The van der Waals surface area contributed by atoms with Crippen LogP contribution in [0.1, 0.15) is 39.7 Å². The molecule has 136 valence electrons. The largest absolute Gasteiger partial charge is 0.465 e. The van der Waals surface area contributed by atoms with Crippen molar-refractivity contribution in [1.82, 2.24) is 4.72 Å². The van der Waals surface area contributed by atoms with Crippen molar-refractivity contribution in [2.75, 3.05) is 0 Å². The Morgan fingerprint density at radius 1 is 1.04 bits per heavy atom. The van der Waals surface area contributed by atoms with Crippen LogP contribution in [0.25, 0.3) is 0 Å². The van der Waals surface area contributed by atoms with Crippen LogP contribution in [0.2, 0.25) is 5.82 Å². The lowest BCUT2D eigenvalue weighted by Crippen LogP contribution is -2.41. The third kappa shape index (κ3) is 3.70. The summed E-state index contributed by atoms with van der Waals surface area (Å²) in [5.41, 5.74) is 0.260. The first-order valence-electron chi connectivity index (χ1n) is 8.63. The zero-order valence-corrected chi connectivity index (χ0v) is 16.3. The van der Waals surface area contributed by atoms with Crippen LogP contribution in [0.15, 0.2) is 41.3 Å². The van der Waals surface area contributed by atoms with Gasteiger partial charge >= 0.3 is 7.12 Å². The van der Waals surface area contributed by atoms with E-state index in [4.69, 9.17) is 9.31 Å². The van der Waals surface area contributed by atoms with Crippen LogP contribution in [-0.4, -0.2) is 32.8 Å². The molecule has 2 atom stereocenters. The number of nitrogens with one attached hydrogen (secondary N) is 1. The fraction of sp³-hybridized carbons (Fsp3) is 0.556. The minimum Gasteiger partial charge on any atom is -0.403 e. The first kappa shape index (κ1) is 18.6. The van der Waals surface area contributed by atoms with Gasteiger partial charge in [-0.3, -0.25) is 0 Å². The van der Waals surface area contributed by atoms with Crippen LogP contribution in [0.3, 0.4) is 0 Å². The third-order valence-electron chi connectivity index (χ3n) is 5.38. The van der Waals surface area contributed by atoms with Gasteiger partial charge in [-0.2, -0.15) is 0 Å². The summed E-state index contributed by atoms with van der Waals surface area (Å²) in [6.07, 6.45) is 4.51. The van der Waals surface area contributed by atoms with Gasteiger partial charge in [0, 0.05) is 11.9 Å². The molecule has 0 saturated carbocycles. The maximum atomic E-state index is 12.5. The van der Waals surface area contributed by atoms with E-state index in [2.05, 4.69) is 4.72 Å². The molecule has 0 radical (unpaired) electrons. The molecule has 1 aromatic rings. The van der Waals surface area contributed by atoms with Crippen molar-refractivity contribution < 1.29 is 17.7 Å². The maximum Gasteiger partial charge on any atom is 0.465 e. The minimum absolute atomic E-state index is 0.0340. The molecule has 0 aromatic heterocycles. The fourth-order valence-electron chi connectivity index (χ4n) is 3.06. The predicted octanol–water partition coefficient (Wildman–Crippen LogP) is 3.06. The molecular formula is C18H26BNO4S. The molecule has 1 N–H and O–H groups in total. The Morgan fingerprint density at radius 3 is 2.16 bits per heavy atom. The Bertz CT molecular complexity index is 755. The lowest BCUT2D eigenvalue weighted by atomic mass is 9.71. The van der Waals surface area contributed by atoms with E-state index in [1.165, 1.54) is 0 Å². The van der Waals surface area contributed by atoms with E-state index in [-0.39, 0.29) is 35.1 Å². The molecule has 1 aromatic carbocycles. The van der Waals surface area contributed by atoms with Gasteiger partial charge in [0.15, 0.2) is 0 Å². The SMILES string of the molecule is Cc1ccc(S(=O)(=O)N[C@@H]2C=C[C@@H](B3OC(C)(C)C(C)(C)O3)C2)cc1. The van der Waals surface area contributed by atoms with E-state index in [1.807, 2.05) is 46.8 Å². The summed E-state index contributed by atoms with van der Waals surface area (Å²) in [7, 11) is -3.89. The standard InChI is InChI=1S/C18H26BNO4S/c1-13-6-10-16(11-7-13)25(21,22)20-15-9-8-14(12-15)19-23-17(2,3)18(4,5)24-19/h6-11,14-15,20H,12H2,1-5H3/t14-,15-/m1/s1. The molecule has 1 fully saturated rings. The van der Waals surface area contributed by atoms with Crippen LogP contribution in [0.4, 0.5) is 0 Å². The minimum atomic E-state index is -3.54. The molecule has 5 nitrogen and oxygen atoms in total. The van der Waals surface area contributed by atoms with E-state index in [0.29, 0.717) is 6.42 Å². The summed E-state index contributed by atoms with van der Waals surface area (Å²) in [6, 6.07) is 6.60. The monoisotopic (exact) mass is 363 g/mol. The number of allylic oxidation sites excluding steroid dienone is 1. The molecule has 0 amide bonds. The quantitative estimate of drug-likeness (QED) is 0.660. The molecule has 1 saturated heterocycles. The first-order chi connectivity index (χ1) is 11.5. The van der Waals surface area contributed by atoms with Crippen LogP contribution in [0, 0.1) is 6.92 Å². The van der Waals surface area contributed by atoms with Crippen molar-refractivity contribution >= 4 is 17.1 Å². The van der Waals surface area contributed by atoms with Crippen molar-refractivity contribution in [3.05, 3.63) is 42.0 Å². The summed E-state index contributed by atoms with van der Waals surface area (Å²) >= 11 is 0. The van der Waals surface area contributed by atoms with Gasteiger partial charge in [-0.25, -0.2) is 13.1 Å². The van der Waals surface area contributed by atoms with Crippen LogP contribution >= 0.6 is 0 Å². The number of hydrogen-bond acceptors (Lipinski definition) is 4. The lowest BCUT2D eigenvalue weighted by molar-refractivity contribution is 0.00578. The smallest absolute Gasteiger partial charge is 0.403 e. The Morgan fingerprint density at radius 2 is 1.60 bits per heavy atom. The molecule has 0 bridgehead atoms. The molecule has 25 heavy (non-hydrogen) atoms. The molecule has 1 aliphatic heterocycles. The van der Waals surface area contributed by atoms with Gasteiger partial charge < -0.3 is 9.31 Å². The van der Waals surface area contributed by atoms with E-state index in [1.54, 1.807) is 24.3 Å². The second-order valence-corrected chi connectivity index (χ2v) is 9.66. The summed E-state index contributed by atoms with van der Waals surface area (Å²) < 4.78 is 40.0. The van der Waals surface area contributed by atoms with Crippen molar-refractivity contribution in [3.8, 4) is 0 Å². The number of rotatable bonds is 4. The average molecular weight is 363 g/mol. The van der Waals surface area contributed by atoms with Gasteiger partial charge in [0.25, 0.3) is 0 Å². The topological polar surface area (TPSA) is 64.6 Å². The van der Waals surface area contributed by atoms with Gasteiger partial charge in [-0.15, -0.1) is 0 Å². The average Bonchev–Trinajstić information content (AvgIpc) is 3.01. The Balaban J connectivity index is 1.64. The highest BCUT2D eigenvalue weighted by atomic mass is 32.2. The van der Waals surface area contributed by atoms with Gasteiger partial charge in [0.1, 0.15) is 0 Å². The first-order valence-corrected chi connectivity index (χ1v) is 10.1. The zero-order chi connectivity index (χ0) is 18.5. The molecule has 1 aliphatic carbocycles. The van der Waals surface area contributed by atoms with E-state index in [0.717, 1.165) is 5.56 Å². The number of benzene rings is 1. The maximum absolute atomic E-state index is 12.5. The van der Waals surface area contributed by atoms with Gasteiger partial charge in [-0.05, 0) is 53.2 Å². The Hall–Kier alpha value is -1.15. The van der Waals surface area contributed by atoms with Crippen LogP contribution in [0.5, 0.6) is 0 Å². The van der Waals surface area contributed by atoms with Gasteiger partial charge in [-0.1, -0.05) is 29.8 Å². The molecule has 0 unspecified atom stereocenters. The zero-order valence-electron chi connectivity index (χ0n) is 15.4. The second kappa shape index (κ2) is 6.23. The predicted molar refractivity (Wildman–Crippen MR) is 98.9 cm³/mol. The number of aryl methyl sites for hydroxylation is 1. The molecular weight excluding hydrogens is 337 g/mol. The van der Waals surface area contributed by atoms with Crippen LogP contribution in [-0.2, 0) is 19.3 Å². The normalized spacial score (nSPS) is 27.8. The van der Waals surface area contributed by atoms with Gasteiger partial charge in [0.05, 0.1) is 16.1 Å². The van der Waals surface area contributed by atoms with Crippen molar-refractivity contribution in [2.45, 2.75) is 69.0 Å². The van der Waals surface area contributed by atoms with Crippen molar-refractivity contribution in [3.63, 3.8) is 0 Å². The highest BCUT2D eigenvalue weighted by Gasteiger charge is 2.54. The molecule has 0 spiro atoms. The Kier molecular flexibility index (Phi) is 4.65. The highest BCUT2D eigenvalue weighted by Crippen LogP contribution is 2.42. The number of hydrogen-bond donors (Lipinski definition) is 1. The number of sulfonamides is 1. The lowest BCUT2D eigenvalue weighted by Gasteiger charge is -2.32. The second-order valence-electron chi connectivity index (χ2n) is 7.95. The van der Waals surface area contributed by atoms with Crippen molar-refractivity contribution in [2.24, 2.45) is 0 Å². The summed E-state index contributed by atoms with van der Waals surface area (Å²) in [5.74, 6) is 0.0340.